The minimum absolute atomic E-state index is 0.0843. The third-order valence-electron chi connectivity index (χ3n) is 4.15. The number of non-ortho nitro benzene ring substituents is 1. The van der Waals surface area contributed by atoms with Crippen molar-refractivity contribution < 1.29 is 14.1 Å². The molecule has 1 amide bonds. The Morgan fingerprint density at radius 1 is 1.03 bits per heavy atom. The minimum atomic E-state index is -0.523. The van der Waals surface area contributed by atoms with Gasteiger partial charge in [0.25, 0.3) is 11.6 Å². The van der Waals surface area contributed by atoms with Crippen LogP contribution in [0.1, 0.15) is 10.4 Å². The van der Waals surface area contributed by atoms with Gasteiger partial charge >= 0.3 is 0 Å². The van der Waals surface area contributed by atoms with Gasteiger partial charge in [-0.3, -0.25) is 14.9 Å². The Bertz CT molecular complexity index is 1250. The molecule has 7 nitrogen and oxygen atoms in total. The number of nitro benzene ring substituents is 1. The van der Waals surface area contributed by atoms with Crippen LogP contribution in [0.5, 0.6) is 0 Å². The summed E-state index contributed by atoms with van der Waals surface area (Å²) in [6, 6.07) is 15.4. The first-order chi connectivity index (χ1) is 13.9. The summed E-state index contributed by atoms with van der Waals surface area (Å²) in [6.45, 7) is 0. The lowest BCUT2D eigenvalue weighted by Crippen LogP contribution is -2.11. The number of oxazole rings is 1. The zero-order valence-electron chi connectivity index (χ0n) is 14.6. The normalized spacial score (nSPS) is 10.8. The maximum Gasteiger partial charge on any atom is 0.269 e. The molecule has 0 radical (unpaired) electrons. The van der Waals surface area contributed by atoms with Crippen LogP contribution in [0.3, 0.4) is 0 Å². The number of rotatable bonds is 4. The lowest BCUT2D eigenvalue weighted by Gasteiger charge is -2.04. The van der Waals surface area contributed by atoms with Gasteiger partial charge in [-0.15, -0.1) is 0 Å². The fourth-order valence-electron chi connectivity index (χ4n) is 2.72. The molecule has 0 saturated heterocycles. The number of amides is 1. The van der Waals surface area contributed by atoms with E-state index < -0.39 is 10.8 Å². The number of carbonyl (C=O) groups excluding carboxylic acids is 1. The summed E-state index contributed by atoms with van der Waals surface area (Å²) >= 11 is 12.1. The van der Waals surface area contributed by atoms with E-state index in [1.807, 2.05) is 0 Å². The summed E-state index contributed by atoms with van der Waals surface area (Å²) in [5.41, 5.74) is 2.38. The van der Waals surface area contributed by atoms with Gasteiger partial charge in [-0.25, -0.2) is 4.98 Å². The lowest BCUT2D eigenvalue weighted by atomic mass is 10.2. The van der Waals surface area contributed by atoms with Crippen LogP contribution in [-0.4, -0.2) is 15.8 Å². The highest BCUT2D eigenvalue weighted by molar-refractivity contribution is 6.36. The molecule has 0 aliphatic rings. The van der Waals surface area contributed by atoms with Crippen molar-refractivity contribution in [3.63, 3.8) is 0 Å². The highest BCUT2D eigenvalue weighted by Crippen LogP contribution is 2.32. The third kappa shape index (κ3) is 3.91. The van der Waals surface area contributed by atoms with Gasteiger partial charge in [0.15, 0.2) is 5.58 Å². The maximum absolute atomic E-state index is 12.4. The van der Waals surface area contributed by atoms with E-state index in [1.165, 1.54) is 24.3 Å². The number of halogens is 2. The highest BCUT2D eigenvalue weighted by atomic mass is 35.5. The molecule has 9 heteroatoms. The average molecular weight is 428 g/mol. The van der Waals surface area contributed by atoms with Gasteiger partial charge in [0, 0.05) is 28.4 Å². The van der Waals surface area contributed by atoms with Crippen molar-refractivity contribution in [2.24, 2.45) is 0 Å². The molecule has 0 saturated carbocycles. The second-order valence-electron chi connectivity index (χ2n) is 6.08. The molecule has 1 heterocycles. The summed E-state index contributed by atoms with van der Waals surface area (Å²) in [5.74, 6) is -0.0655. The van der Waals surface area contributed by atoms with Crippen molar-refractivity contribution in [1.29, 1.82) is 0 Å². The van der Waals surface area contributed by atoms with Crippen molar-refractivity contribution in [2.75, 3.05) is 5.32 Å². The van der Waals surface area contributed by atoms with Gasteiger partial charge < -0.3 is 9.73 Å². The second-order valence-corrected chi connectivity index (χ2v) is 6.93. The first-order valence-corrected chi connectivity index (χ1v) is 9.08. The molecule has 0 fully saturated rings. The summed E-state index contributed by atoms with van der Waals surface area (Å²) in [7, 11) is 0. The van der Waals surface area contributed by atoms with Gasteiger partial charge in [-0.1, -0.05) is 23.2 Å². The van der Waals surface area contributed by atoms with E-state index in [9.17, 15) is 14.9 Å². The molecule has 4 aromatic rings. The van der Waals surface area contributed by atoms with Crippen molar-refractivity contribution >= 4 is 51.6 Å². The predicted octanol–water partition coefficient (Wildman–Crippen LogP) is 5.96. The Balaban J connectivity index is 1.59. The summed E-state index contributed by atoms with van der Waals surface area (Å²) in [4.78, 5) is 27.0. The number of nitrogens with zero attached hydrogens (tertiary/aromatic N) is 2. The fourth-order valence-corrected chi connectivity index (χ4v) is 3.21. The number of anilines is 1. The van der Waals surface area contributed by atoms with Crippen molar-refractivity contribution in [3.8, 4) is 11.5 Å². The van der Waals surface area contributed by atoms with Crippen LogP contribution < -0.4 is 5.32 Å². The van der Waals surface area contributed by atoms with E-state index in [2.05, 4.69) is 10.3 Å². The average Bonchev–Trinajstić information content (AvgIpc) is 3.11. The van der Waals surface area contributed by atoms with Gasteiger partial charge in [0.2, 0.25) is 5.89 Å². The second kappa shape index (κ2) is 7.54. The molecular formula is C20H11Cl2N3O4. The molecule has 29 heavy (non-hydrogen) atoms. The van der Waals surface area contributed by atoms with Crippen LogP contribution in [0.2, 0.25) is 10.0 Å². The van der Waals surface area contributed by atoms with Crippen molar-refractivity contribution in [1.82, 2.24) is 4.98 Å². The number of benzene rings is 3. The van der Waals surface area contributed by atoms with Crippen LogP contribution in [0, 0.1) is 10.1 Å². The van der Waals surface area contributed by atoms with Gasteiger partial charge in [0.1, 0.15) is 5.52 Å². The SMILES string of the molecule is O=C(Nc1ccc2oc(-c3ccc(Cl)cc3Cl)nc2c1)c1ccc([N+](=O)[O-])cc1. The summed E-state index contributed by atoms with van der Waals surface area (Å²) in [5, 5.41) is 14.4. The van der Waals surface area contributed by atoms with E-state index >= 15 is 0 Å². The molecule has 0 aliphatic heterocycles. The summed E-state index contributed by atoms with van der Waals surface area (Å²) in [6.07, 6.45) is 0. The molecule has 0 atom stereocenters. The molecule has 1 aromatic heterocycles. The summed E-state index contributed by atoms with van der Waals surface area (Å²) < 4.78 is 5.74. The van der Waals surface area contributed by atoms with E-state index in [-0.39, 0.29) is 5.69 Å². The number of fused-ring (bicyclic) bond motifs is 1. The Kier molecular flexibility index (Phi) is 4.92. The zero-order valence-corrected chi connectivity index (χ0v) is 16.1. The van der Waals surface area contributed by atoms with Gasteiger partial charge in [-0.05, 0) is 48.5 Å². The maximum atomic E-state index is 12.4. The molecule has 144 valence electrons. The zero-order chi connectivity index (χ0) is 20.5. The van der Waals surface area contributed by atoms with Crippen molar-refractivity contribution in [3.05, 3.63) is 86.4 Å². The molecular weight excluding hydrogens is 417 g/mol. The highest BCUT2D eigenvalue weighted by Gasteiger charge is 2.14. The number of nitrogens with one attached hydrogen (secondary N) is 1. The molecule has 0 unspecified atom stereocenters. The fraction of sp³-hybridized carbons (Fsp3) is 0. The number of nitro groups is 1. The van der Waals surface area contributed by atoms with Crippen molar-refractivity contribution in [2.45, 2.75) is 0 Å². The van der Waals surface area contributed by atoms with Crippen LogP contribution in [0.25, 0.3) is 22.6 Å². The largest absolute Gasteiger partial charge is 0.436 e. The Morgan fingerprint density at radius 2 is 1.79 bits per heavy atom. The Morgan fingerprint density at radius 3 is 2.48 bits per heavy atom. The third-order valence-corrected chi connectivity index (χ3v) is 4.70. The molecule has 0 aliphatic carbocycles. The van der Waals surface area contributed by atoms with Gasteiger partial charge in [-0.2, -0.15) is 0 Å². The topological polar surface area (TPSA) is 98.3 Å². The molecule has 0 spiro atoms. The lowest BCUT2D eigenvalue weighted by molar-refractivity contribution is -0.384. The van der Waals surface area contributed by atoms with E-state index in [0.29, 0.717) is 43.9 Å². The predicted molar refractivity (Wildman–Crippen MR) is 111 cm³/mol. The number of hydrogen-bond donors (Lipinski definition) is 1. The smallest absolute Gasteiger partial charge is 0.269 e. The first kappa shape index (κ1) is 18.9. The van der Waals surface area contributed by atoms with Crippen LogP contribution in [0.4, 0.5) is 11.4 Å². The number of carbonyl (C=O) groups is 1. The van der Waals surface area contributed by atoms with Crippen LogP contribution in [-0.2, 0) is 0 Å². The van der Waals surface area contributed by atoms with E-state index in [4.69, 9.17) is 27.6 Å². The minimum Gasteiger partial charge on any atom is -0.436 e. The van der Waals surface area contributed by atoms with E-state index in [0.717, 1.165) is 0 Å². The molecule has 1 N–H and O–H groups in total. The number of hydrogen-bond acceptors (Lipinski definition) is 5. The Labute approximate surface area is 174 Å². The van der Waals surface area contributed by atoms with E-state index in [1.54, 1.807) is 36.4 Å². The van der Waals surface area contributed by atoms with Crippen LogP contribution >= 0.6 is 23.2 Å². The quantitative estimate of drug-likeness (QED) is 0.319. The Hall–Kier alpha value is -3.42. The first-order valence-electron chi connectivity index (χ1n) is 8.32. The standard InChI is InChI=1S/C20H11Cl2N3O4/c21-12-3-7-15(16(22)9-12)20-24-17-10-13(4-8-18(17)29-20)23-19(26)11-1-5-14(6-2-11)25(27)28/h1-10H,(H,23,26). The van der Waals surface area contributed by atoms with Crippen LogP contribution in [0.15, 0.2) is 65.1 Å². The van der Waals surface area contributed by atoms with Gasteiger partial charge in [0.05, 0.1) is 15.5 Å². The number of aromatic nitrogens is 1. The molecule has 3 aromatic carbocycles. The molecule has 4 rings (SSSR count). The monoisotopic (exact) mass is 427 g/mol. The molecule has 0 bridgehead atoms.